The van der Waals surface area contributed by atoms with Crippen LogP contribution in [0, 0.1) is 0 Å². The summed E-state index contributed by atoms with van der Waals surface area (Å²) in [6.45, 7) is 7.28. The fourth-order valence-corrected chi connectivity index (χ4v) is 2.21. The highest BCUT2D eigenvalue weighted by Gasteiger charge is 2.11. The second kappa shape index (κ2) is 6.17. The maximum Gasteiger partial charge on any atom is 0.0331 e. The number of hydrogen-bond acceptors (Lipinski definition) is 3. The molecular formula is C11H20N2S. The maximum absolute atomic E-state index is 5.61. The van der Waals surface area contributed by atoms with Gasteiger partial charge in [-0.3, -0.25) is 4.90 Å². The van der Waals surface area contributed by atoms with Crippen LogP contribution < -0.4 is 5.73 Å². The van der Waals surface area contributed by atoms with E-state index in [1.807, 2.05) is 11.3 Å². The lowest BCUT2D eigenvalue weighted by Crippen LogP contribution is -2.35. The summed E-state index contributed by atoms with van der Waals surface area (Å²) in [6, 6.07) is 4.93. The molecular weight excluding hydrogens is 192 g/mol. The van der Waals surface area contributed by atoms with E-state index in [-0.39, 0.29) is 0 Å². The van der Waals surface area contributed by atoms with Crippen molar-refractivity contribution in [2.75, 3.05) is 13.1 Å². The predicted octanol–water partition coefficient (Wildman–Crippen LogP) is 2.31. The van der Waals surface area contributed by atoms with Crippen molar-refractivity contribution in [1.82, 2.24) is 4.90 Å². The van der Waals surface area contributed by atoms with Crippen LogP contribution in [0.25, 0.3) is 0 Å². The van der Waals surface area contributed by atoms with Crippen molar-refractivity contribution >= 4 is 11.3 Å². The molecule has 3 heteroatoms. The van der Waals surface area contributed by atoms with E-state index in [1.54, 1.807) is 0 Å². The lowest BCUT2D eigenvalue weighted by atomic mass is 10.2. The van der Waals surface area contributed by atoms with E-state index in [2.05, 4.69) is 36.3 Å². The van der Waals surface area contributed by atoms with Gasteiger partial charge >= 0.3 is 0 Å². The lowest BCUT2D eigenvalue weighted by molar-refractivity contribution is 0.203. The SMILES string of the molecule is CCC(C)N(CCN)Cc1cccs1. The van der Waals surface area contributed by atoms with Gasteiger partial charge in [-0.25, -0.2) is 0 Å². The molecule has 0 aliphatic rings. The third-order valence-electron chi connectivity index (χ3n) is 2.57. The molecule has 2 N–H and O–H groups in total. The van der Waals surface area contributed by atoms with Crippen LogP contribution in [-0.4, -0.2) is 24.0 Å². The molecule has 0 amide bonds. The van der Waals surface area contributed by atoms with Gasteiger partial charge in [-0.1, -0.05) is 13.0 Å². The molecule has 1 aromatic heterocycles. The first-order valence-electron chi connectivity index (χ1n) is 5.24. The minimum absolute atomic E-state index is 0.626. The van der Waals surface area contributed by atoms with Crippen molar-refractivity contribution in [2.45, 2.75) is 32.9 Å². The summed E-state index contributed by atoms with van der Waals surface area (Å²) >= 11 is 1.82. The number of thiophene rings is 1. The van der Waals surface area contributed by atoms with Crippen molar-refractivity contribution < 1.29 is 0 Å². The quantitative estimate of drug-likeness (QED) is 0.784. The average Bonchev–Trinajstić information content (AvgIpc) is 2.68. The molecule has 1 heterocycles. The van der Waals surface area contributed by atoms with Gasteiger partial charge in [-0.2, -0.15) is 0 Å². The molecule has 1 aromatic rings. The van der Waals surface area contributed by atoms with Gasteiger partial charge in [0.2, 0.25) is 0 Å². The summed E-state index contributed by atoms with van der Waals surface area (Å²) in [5.41, 5.74) is 5.61. The van der Waals surface area contributed by atoms with Gasteiger partial charge in [0.15, 0.2) is 0 Å². The summed E-state index contributed by atoms with van der Waals surface area (Å²) < 4.78 is 0. The molecule has 1 unspecified atom stereocenters. The molecule has 0 bridgehead atoms. The van der Waals surface area contributed by atoms with Crippen molar-refractivity contribution in [3.63, 3.8) is 0 Å². The van der Waals surface area contributed by atoms with Gasteiger partial charge in [0, 0.05) is 30.6 Å². The van der Waals surface area contributed by atoms with E-state index in [0.717, 1.165) is 19.6 Å². The first-order valence-corrected chi connectivity index (χ1v) is 6.12. The zero-order valence-electron chi connectivity index (χ0n) is 9.07. The molecule has 0 radical (unpaired) electrons. The molecule has 0 aliphatic heterocycles. The summed E-state index contributed by atoms with van der Waals surface area (Å²) in [5.74, 6) is 0. The molecule has 1 atom stereocenters. The molecule has 1 rings (SSSR count). The number of nitrogens with two attached hydrogens (primary N) is 1. The Balaban J connectivity index is 2.50. The largest absolute Gasteiger partial charge is 0.329 e. The molecule has 14 heavy (non-hydrogen) atoms. The Hall–Kier alpha value is -0.380. The van der Waals surface area contributed by atoms with Gasteiger partial charge in [-0.05, 0) is 24.8 Å². The molecule has 2 nitrogen and oxygen atoms in total. The van der Waals surface area contributed by atoms with Gasteiger partial charge in [0.1, 0.15) is 0 Å². The zero-order valence-corrected chi connectivity index (χ0v) is 9.89. The minimum atomic E-state index is 0.626. The highest BCUT2D eigenvalue weighted by Crippen LogP contribution is 2.14. The standard InChI is InChI=1S/C11H20N2S/c1-3-10(2)13(7-6-12)9-11-5-4-8-14-11/h4-5,8,10H,3,6-7,9,12H2,1-2H3. The second-order valence-corrected chi connectivity index (χ2v) is 4.63. The summed E-state index contributed by atoms with van der Waals surface area (Å²) in [6.07, 6.45) is 1.19. The summed E-state index contributed by atoms with van der Waals surface area (Å²) in [4.78, 5) is 3.88. The molecule has 0 saturated carbocycles. The third kappa shape index (κ3) is 3.40. The Morgan fingerprint density at radius 3 is 2.86 bits per heavy atom. The van der Waals surface area contributed by atoms with Crippen LogP contribution in [0.3, 0.4) is 0 Å². The molecule has 80 valence electrons. The Bertz CT molecular complexity index is 233. The number of hydrogen-bond donors (Lipinski definition) is 1. The van der Waals surface area contributed by atoms with Crippen molar-refractivity contribution in [3.8, 4) is 0 Å². The van der Waals surface area contributed by atoms with E-state index in [4.69, 9.17) is 5.73 Å². The number of nitrogens with zero attached hydrogens (tertiary/aromatic N) is 1. The first kappa shape index (κ1) is 11.7. The van der Waals surface area contributed by atoms with E-state index < -0.39 is 0 Å². The Labute approximate surface area is 90.7 Å². The highest BCUT2D eigenvalue weighted by molar-refractivity contribution is 7.09. The maximum atomic E-state index is 5.61. The van der Waals surface area contributed by atoms with Crippen LogP contribution >= 0.6 is 11.3 Å². The van der Waals surface area contributed by atoms with Crippen LogP contribution in [-0.2, 0) is 6.54 Å². The van der Waals surface area contributed by atoms with Crippen molar-refractivity contribution in [3.05, 3.63) is 22.4 Å². The predicted molar refractivity (Wildman–Crippen MR) is 63.5 cm³/mol. The van der Waals surface area contributed by atoms with Crippen LogP contribution in [0.1, 0.15) is 25.1 Å². The second-order valence-electron chi connectivity index (χ2n) is 3.60. The van der Waals surface area contributed by atoms with Gasteiger partial charge in [0.25, 0.3) is 0 Å². The molecule has 0 saturated heterocycles. The molecule has 0 spiro atoms. The average molecular weight is 212 g/mol. The Morgan fingerprint density at radius 2 is 2.36 bits per heavy atom. The first-order chi connectivity index (χ1) is 6.77. The van der Waals surface area contributed by atoms with E-state index in [1.165, 1.54) is 11.3 Å². The molecule has 0 fully saturated rings. The van der Waals surface area contributed by atoms with E-state index in [0.29, 0.717) is 6.04 Å². The zero-order chi connectivity index (χ0) is 10.4. The van der Waals surface area contributed by atoms with Gasteiger partial charge in [-0.15, -0.1) is 11.3 Å². The molecule has 0 aromatic carbocycles. The van der Waals surface area contributed by atoms with Crippen molar-refractivity contribution in [2.24, 2.45) is 5.73 Å². The normalized spacial score (nSPS) is 13.4. The van der Waals surface area contributed by atoms with Gasteiger partial charge < -0.3 is 5.73 Å². The highest BCUT2D eigenvalue weighted by atomic mass is 32.1. The van der Waals surface area contributed by atoms with Gasteiger partial charge in [0.05, 0.1) is 0 Å². The Morgan fingerprint density at radius 1 is 1.57 bits per heavy atom. The fraction of sp³-hybridized carbons (Fsp3) is 0.636. The monoisotopic (exact) mass is 212 g/mol. The lowest BCUT2D eigenvalue weighted by Gasteiger charge is -2.27. The van der Waals surface area contributed by atoms with E-state index in [9.17, 15) is 0 Å². The van der Waals surface area contributed by atoms with Crippen molar-refractivity contribution in [1.29, 1.82) is 0 Å². The third-order valence-corrected chi connectivity index (χ3v) is 3.43. The van der Waals surface area contributed by atoms with Crippen LogP contribution in [0.15, 0.2) is 17.5 Å². The smallest absolute Gasteiger partial charge is 0.0331 e. The van der Waals surface area contributed by atoms with Crippen LogP contribution in [0.4, 0.5) is 0 Å². The minimum Gasteiger partial charge on any atom is -0.329 e. The summed E-state index contributed by atoms with van der Waals surface area (Å²) in [5, 5.41) is 2.13. The topological polar surface area (TPSA) is 29.3 Å². The molecule has 0 aliphatic carbocycles. The number of rotatable bonds is 6. The Kier molecular flexibility index (Phi) is 5.15. The van der Waals surface area contributed by atoms with Crippen LogP contribution in [0.2, 0.25) is 0 Å². The fourth-order valence-electron chi connectivity index (χ4n) is 1.48. The summed E-state index contributed by atoms with van der Waals surface area (Å²) in [7, 11) is 0. The van der Waals surface area contributed by atoms with E-state index >= 15 is 0 Å². The van der Waals surface area contributed by atoms with Crippen LogP contribution in [0.5, 0.6) is 0 Å².